The summed E-state index contributed by atoms with van der Waals surface area (Å²) in [5, 5.41) is 8.04. The molecule has 3 aromatic heterocycles. The van der Waals surface area contributed by atoms with Crippen LogP contribution in [0.5, 0.6) is 0 Å². The lowest BCUT2D eigenvalue weighted by Gasteiger charge is -2.17. The molecule has 6 nitrogen and oxygen atoms in total. The molecule has 2 unspecified atom stereocenters. The number of nitrogens with zero attached hydrogens (tertiary/aromatic N) is 3. The van der Waals surface area contributed by atoms with Crippen LogP contribution in [0, 0.1) is 11.7 Å². The molecule has 0 radical (unpaired) electrons. The van der Waals surface area contributed by atoms with Gasteiger partial charge in [0.1, 0.15) is 16.5 Å². The Kier molecular flexibility index (Phi) is 4.94. The van der Waals surface area contributed by atoms with Crippen LogP contribution < -0.4 is 5.56 Å². The van der Waals surface area contributed by atoms with E-state index in [9.17, 15) is 9.18 Å². The largest absolute Gasteiger partial charge is 0.309 e. The van der Waals surface area contributed by atoms with Crippen molar-refractivity contribution < 1.29 is 4.39 Å². The van der Waals surface area contributed by atoms with E-state index in [1.54, 1.807) is 29.5 Å². The second-order valence-corrected chi connectivity index (χ2v) is 10.1. The van der Waals surface area contributed by atoms with Crippen LogP contribution in [0.2, 0.25) is 0 Å². The van der Waals surface area contributed by atoms with Gasteiger partial charge >= 0.3 is 0 Å². The van der Waals surface area contributed by atoms with Crippen LogP contribution in [-0.4, -0.2) is 25.1 Å². The average Bonchev–Trinajstić information content (AvgIpc) is 3.32. The van der Waals surface area contributed by atoms with Gasteiger partial charge in [0.15, 0.2) is 5.82 Å². The standard InChI is InChI=1S/C21H20FN5OS2/c1-10-7-8-13-15(9-10)30-20-16(13)19(28)23-17(24-20)11(2)29-21-25-18(26-27-21)12-5-3-4-6-14(12)22/h3-6,10-11H,7-9H2,1-2H3,(H,23,24,28)(H,25,26,27). The van der Waals surface area contributed by atoms with Crippen LogP contribution in [-0.2, 0) is 12.8 Å². The van der Waals surface area contributed by atoms with Gasteiger partial charge in [-0.05, 0) is 49.8 Å². The van der Waals surface area contributed by atoms with Gasteiger partial charge in [-0.15, -0.1) is 16.4 Å². The van der Waals surface area contributed by atoms with Gasteiger partial charge in [-0.25, -0.2) is 14.4 Å². The van der Waals surface area contributed by atoms with Crippen LogP contribution >= 0.6 is 23.1 Å². The molecule has 2 N–H and O–H groups in total. The lowest BCUT2D eigenvalue weighted by atomic mass is 9.89. The summed E-state index contributed by atoms with van der Waals surface area (Å²) in [6.45, 7) is 4.20. The minimum absolute atomic E-state index is 0.0727. The number of fused-ring (bicyclic) bond motifs is 3. The highest BCUT2D eigenvalue weighted by molar-refractivity contribution is 7.99. The van der Waals surface area contributed by atoms with Crippen molar-refractivity contribution in [1.29, 1.82) is 0 Å². The fourth-order valence-electron chi connectivity index (χ4n) is 3.84. The van der Waals surface area contributed by atoms with Gasteiger partial charge in [0.2, 0.25) is 5.16 Å². The number of nitrogens with one attached hydrogen (secondary N) is 2. The highest BCUT2D eigenvalue weighted by Crippen LogP contribution is 2.37. The summed E-state index contributed by atoms with van der Waals surface area (Å²) >= 11 is 3.01. The van der Waals surface area contributed by atoms with E-state index in [2.05, 4.69) is 27.1 Å². The maximum atomic E-state index is 14.0. The number of hydrogen-bond acceptors (Lipinski definition) is 6. The third-order valence-electron chi connectivity index (χ3n) is 5.44. The topological polar surface area (TPSA) is 87.3 Å². The normalized spacial score (nSPS) is 17.2. The SMILES string of the molecule is CC1CCc2c(sc3nc(C(C)Sc4n[nH]c(-c5ccccc5F)n4)[nH]c(=O)c23)C1. The van der Waals surface area contributed by atoms with Gasteiger partial charge in [-0.1, -0.05) is 30.8 Å². The first-order chi connectivity index (χ1) is 14.5. The quantitative estimate of drug-likeness (QED) is 0.441. The van der Waals surface area contributed by atoms with Crippen LogP contribution in [0.4, 0.5) is 4.39 Å². The van der Waals surface area contributed by atoms with Gasteiger partial charge in [0.05, 0.1) is 16.2 Å². The summed E-state index contributed by atoms with van der Waals surface area (Å²) in [7, 11) is 0. The van der Waals surface area contributed by atoms with E-state index in [-0.39, 0.29) is 16.6 Å². The number of aryl methyl sites for hydroxylation is 1. The van der Waals surface area contributed by atoms with E-state index >= 15 is 0 Å². The molecular formula is C21H20FN5OS2. The second kappa shape index (κ2) is 7.63. The molecule has 0 amide bonds. The van der Waals surface area contributed by atoms with Gasteiger partial charge in [-0.2, -0.15) is 0 Å². The van der Waals surface area contributed by atoms with Crippen LogP contribution in [0.3, 0.4) is 0 Å². The highest BCUT2D eigenvalue weighted by Gasteiger charge is 2.24. The van der Waals surface area contributed by atoms with Crippen LogP contribution in [0.25, 0.3) is 21.6 Å². The van der Waals surface area contributed by atoms with Crippen molar-refractivity contribution in [1.82, 2.24) is 25.1 Å². The first kappa shape index (κ1) is 19.4. The number of aromatic nitrogens is 5. The Hall–Kier alpha value is -2.52. The van der Waals surface area contributed by atoms with Crippen molar-refractivity contribution in [3.63, 3.8) is 0 Å². The molecule has 1 aliphatic rings. The fraction of sp³-hybridized carbons (Fsp3) is 0.333. The molecule has 0 spiro atoms. The fourth-order valence-corrected chi connectivity index (χ4v) is 6.02. The minimum atomic E-state index is -0.356. The molecule has 1 aliphatic carbocycles. The van der Waals surface area contributed by atoms with Crippen molar-refractivity contribution in [3.05, 3.63) is 56.7 Å². The molecule has 0 bridgehead atoms. The third-order valence-corrected chi connectivity index (χ3v) is 7.56. The number of hydrogen-bond donors (Lipinski definition) is 2. The third kappa shape index (κ3) is 3.45. The molecule has 154 valence electrons. The molecule has 2 atom stereocenters. The molecule has 3 heterocycles. The summed E-state index contributed by atoms with van der Waals surface area (Å²) < 4.78 is 14.0. The van der Waals surface area contributed by atoms with Gasteiger partial charge < -0.3 is 4.98 Å². The number of benzene rings is 1. The van der Waals surface area contributed by atoms with Crippen molar-refractivity contribution in [2.24, 2.45) is 5.92 Å². The lowest BCUT2D eigenvalue weighted by molar-refractivity contribution is 0.509. The molecule has 0 fully saturated rings. The summed E-state index contributed by atoms with van der Waals surface area (Å²) in [6.07, 6.45) is 3.08. The number of aromatic amines is 2. The minimum Gasteiger partial charge on any atom is -0.309 e. The summed E-state index contributed by atoms with van der Waals surface area (Å²) in [5.74, 6) is 1.26. The number of halogens is 1. The lowest BCUT2D eigenvalue weighted by Crippen LogP contribution is -2.15. The molecule has 4 aromatic rings. The summed E-state index contributed by atoms with van der Waals surface area (Å²) in [6, 6.07) is 6.43. The predicted octanol–water partition coefficient (Wildman–Crippen LogP) is 4.89. The van der Waals surface area contributed by atoms with Gasteiger partial charge in [-0.3, -0.25) is 9.89 Å². The van der Waals surface area contributed by atoms with Crippen LogP contribution in [0.1, 0.15) is 41.8 Å². The molecule has 0 aliphatic heterocycles. The van der Waals surface area contributed by atoms with E-state index in [4.69, 9.17) is 4.98 Å². The molecular weight excluding hydrogens is 421 g/mol. The Bertz CT molecular complexity index is 1290. The molecule has 5 rings (SSSR count). The first-order valence-corrected chi connectivity index (χ1v) is 11.6. The van der Waals surface area contributed by atoms with E-state index in [1.807, 2.05) is 6.92 Å². The average molecular weight is 442 g/mol. The van der Waals surface area contributed by atoms with Crippen molar-refractivity contribution in [3.8, 4) is 11.4 Å². The monoisotopic (exact) mass is 441 g/mol. The number of rotatable bonds is 4. The zero-order chi connectivity index (χ0) is 20.8. The Morgan fingerprint density at radius 1 is 1.30 bits per heavy atom. The Labute approximate surface area is 180 Å². The van der Waals surface area contributed by atoms with Crippen molar-refractivity contribution in [2.45, 2.75) is 43.5 Å². The molecule has 0 saturated carbocycles. The van der Waals surface area contributed by atoms with Gasteiger partial charge in [0, 0.05) is 4.88 Å². The number of H-pyrrole nitrogens is 2. The summed E-state index contributed by atoms with van der Waals surface area (Å²) in [4.78, 5) is 27.0. The Morgan fingerprint density at radius 3 is 2.97 bits per heavy atom. The first-order valence-electron chi connectivity index (χ1n) is 9.88. The van der Waals surface area contributed by atoms with Crippen molar-refractivity contribution in [2.75, 3.05) is 0 Å². The number of thioether (sulfide) groups is 1. The zero-order valence-electron chi connectivity index (χ0n) is 16.5. The Balaban J connectivity index is 1.42. The zero-order valence-corrected chi connectivity index (χ0v) is 18.2. The second-order valence-electron chi connectivity index (χ2n) is 7.69. The molecule has 30 heavy (non-hydrogen) atoms. The summed E-state index contributed by atoms with van der Waals surface area (Å²) in [5.41, 5.74) is 1.48. The maximum absolute atomic E-state index is 14.0. The molecule has 9 heteroatoms. The smallest absolute Gasteiger partial charge is 0.259 e. The predicted molar refractivity (Wildman–Crippen MR) is 117 cm³/mol. The van der Waals surface area contributed by atoms with Crippen molar-refractivity contribution >= 4 is 33.3 Å². The van der Waals surface area contributed by atoms with Crippen LogP contribution in [0.15, 0.2) is 34.2 Å². The van der Waals surface area contributed by atoms with E-state index < -0.39 is 0 Å². The van der Waals surface area contributed by atoms with E-state index in [1.165, 1.54) is 28.3 Å². The van der Waals surface area contributed by atoms with E-state index in [0.717, 1.165) is 29.5 Å². The molecule has 1 aromatic carbocycles. The van der Waals surface area contributed by atoms with Gasteiger partial charge in [0.25, 0.3) is 5.56 Å². The highest BCUT2D eigenvalue weighted by atomic mass is 32.2. The molecule has 0 saturated heterocycles. The Morgan fingerprint density at radius 2 is 2.13 bits per heavy atom. The maximum Gasteiger partial charge on any atom is 0.259 e. The van der Waals surface area contributed by atoms with E-state index in [0.29, 0.717) is 28.3 Å². The number of thiophene rings is 1.